The maximum atomic E-state index is 14.1. The summed E-state index contributed by atoms with van der Waals surface area (Å²) in [6, 6.07) is 20.5. The van der Waals surface area contributed by atoms with Gasteiger partial charge in [-0.25, -0.2) is 0 Å². The number of ketones is 1. The highest BCUT2D eigenvalue weighted by molar-refractivity contribution is 6.02. The van der Waals surface area contributed by atoms with Gasteiger partial charge in [0.2, 0.25) is 12.0 Å². The van der Waals surface area contributed by atoms with E-state index in [-0.39, 0.29) is 41.9 Å². The largest absolute Gasteiger partial charge is 0.485 e. The molecule has 12 heteroatoms. The van der Waals surface area contributed by atoms with Crippen LogP contribution < -0.4 is 19.7 Å². The number of hydrogen-bond acceptors (Lipinski definition) is 9. The number of nitrogens with one attached hydrogen (secondary N) is 1. The molecule has 4 aliphatic rings. The predicted octanol–water partition coefficient (Wildman–Crippen LogP) is 4.72. The molecule has 248 valence electrons. The fourth-order valence-corrected chi connectivity index (χ4v) is 7.12. The van der Waals surface area contributed by atoms with Crippen LogP contribution in [0.5, 0.6) is 11.5 Å². The van der Waals surface area contributed by atoms with Gasteiger partial charge in [-0.2, -0.15) is 0 Å². The topological polar surface area (TPSA) is 135 Å². The van der Waals surface area contributed by atoms with Crippen molar-refractivity contribution >= 4 is 34.7 Å². The van der Waals surface area contributed by atoms with Crippen LogP contribution in [0.1, 0.15) is 38.3 Å². The lowest BCUT2D eigenvalue weighted by atomic mass is 9.73. The third-order valence-electron chi connectivity index (χ3n) is 9.46. The number of Topliss-reactive ketones (excluding diaryl/α,β-unsaturated/α-hetero) is 1. The van der Waals surface area contributed by atoms with Gasteiger partial charge in [-0.15, -0.1) is 0 Å². The Balaban J connectivity index is 1.14. The lowest BCUT2D eigenvalue weighted by Gasteiger charge is -2.40. The Kier molecular flexibility index (Phi) is 8.02. The van der Waals surface area contributed by atoms with Crippen molar-refractivity contribution in [3.8, 4) is 11.5 Å². The number of amides is 2. The van der Waals surface area contributed by atoms with E-state index >= 15 is 0 Å². The van der Waals surface area contributed by atoms with Crippen molar-refractivity contribution in [3.63, 3.8) is 0 Å². The second kappa shape index (κ2) is 12.3. The van der Waals surface area contributed by atoms with Crippen LogP contribution in [0.3, 0.4) is 0 Å². The predicted molar refractivity (Wildman–Crippen MR) is 178 cm³/mol. The van der Waals surface area contributed by atoms with Crippen molar-refractivity contribution in [2.45, 2.75) is 38.8 Å². The van der Waals surface area contributed by atoms with E-state index in [0.29, 0.717) is 61.7 Å². The number of ether oxygens (including phenoxy) is 2. The maximum Gasteiger partial charge on any atom is 0.269 e. The number of fused-ring (bicyclic) bond motifs is 2. The Morgan fingerprint density at radius 3 is 2.31 bits per heavy atom. The molecule has 2 amide bonds. The average molecular weight is 652 g/mol. The number of nitrogens with zero attached hydrogens (tertiary/aromatic N) is 4. The van der Waals surface area contributed by atoms with Crippen LogP contribution in [0, 0.1) is 15.5 Å². The van der Waals surface area contributed by atoms with Crippen molar-refractivity contribution in [2.24, 2.45) is 5.41 Å². The van der Waals surface area contributed by atoms with Gasteiger partial charge in [-0.1, -0.05) is 38.1 Å². The van der Waals surface area contributed by atoms with Gasteiger partial charge in [-0.3, -0.25) is 24.5 Å². The van der Waals surface area contributed by atoms with Crippen molar-refractivity contribution < 1.29 is 28.8 Å². The lowest BCUT2D eigenvalue weighted by Crippen LogP contribution is -2.56. The second-order valence-electron chi connectivity index (χ2n) is 13.4. The monoisotopic (exact) mass is 651 g/mol. The molecule has 12 nitrogen and oxygen atoms in total. The van der Waals surface area contributed by atoms with Gasteiger partial charge in [0.1, 0.15) is 6.61 Å². The van der Waals surface area contributed by atoms with Gasteiger partial charge in [0.05, 0.1) is 28.9 Å². The second-order valence-corrected chi connectivity index (χ2v) is 13.4. The first-order chi connectivity index (χ1) is 23.1. The quantitative estimate of drug-likeness (QED) is 0.307. The van der Waals surface area contributed by atoms with Crippen LogP contribution in [-0.2, 0) is 14.4 Å². The molecule has 7 rings (SSSR count). The van der Waals surface area contributed by atoms with Crippen LogP contribution in [0.2, 0.25) is 0 Å². The van der Waals surface area contributed by atoms with E-state index < -0.39 is 17.1 Å². The first kappa shape index (κ1) is 31.2. The highest BCUT2D eigenvalue weighted by Crippen LogP contribution is 2.48. The number of piperazine rings is 1. The summed E-state index contributed by atoms with van der Waals surface area (Å²) in [6.45, 7) is 5.57. The molecule has 0 aromatic heterocycles. The van der Waals surface area contributed by atoms with Crippen molar-refractivity contribution in [1.29, 1.82) is 0 Å². The molecule has 0 radical (unpaired) electrons. The van der Waals surface area contributed by atoms with Gasteiger partial charge in [0.15, 0.2) is 17.3 Å². The summed E-state index contributed by atoms with van der Waals surface area (Å²) in [7, 11) is 0. The SMILES string of the molecule is CC1(C)CC(=O)C2=C(C1)Nc1ccccc1N(CC(=O)N1CCN(C(=O)C3COc4ccccc4O3)CC1)C2c1ccc([N+](=O)[O-])cc1. The number of benzene rings is 3. The smallest absolute Gasteiger partial charge is 0.269 e. The van der Waals surface area contributed by atoms with Crippen molar-refractivity contribution in [2.75, 3.05) is 49.5 Å². The summed E-state index contributed by atoms with van der Waals surface area (Å²) in [5, 5.41) is 15.0. The van der Waals surface area contributed by atoms with Crippen LogP contribution in [-0.4, -0.2) is 77.8 Å². The minimum atomic E-state index is -0.758. The minimum absolute atomic E-state index is 0.0222. The fourth-order valence-electron chi connectivity index (χ4n) is 7.12. The first-order valence-corrected chi connectivity index (χ1v) is 16.2. The van der Waals surface area contributed by atoms with Crippen molar-refractivity contribution in [3.05, 3.63) is 99.7 Å². The zero-order chi connectivity index (χ0) is 33.6. The molecule has 3 aromatic rings. The molecular formula is C36H37N5O7. The fraction of sp³-hybridized carbons (Fsp3) is 0.361. The standard InChI is InChI=1S/C36H37N5O7/c1-36(2)19-26-33(28(42)20-36)34(23-11-13-24(14-12-23)41(45)46)40(27-8-4-3-7-25(27)37-26)21-32(43)38-15-17-39(18-16-38)35(44)31-22-47-29-9-5-6-10-30(29)48-31/h3-14,31,34,37H,15-22H2,1-2H3. The molecular weight excluding hydrogens is 614 g/mol. The molecule has 3 aliphatic heterocycles. The summed E-state index contributed by atoms with van der Waals surface area (Å²) in [6.07, 6.45) is 0.212. The van der Waals surface area contributed by atoms with E-state index in [1.807, 2.05) is 41.3 Å². The highest BCUT2D eigenvalue weighted by Gasteiger charge is 2.42. The van der Waals surface area contributed by atoms with E-state index in [1.165, 1.54) is 12.1 Å². The molecule has 1 N–H and O–H groups in total. The molecule has 0 saturated carbocycles. The van der Waals surface area contributed by atoms with Gasteiger partial charge in [-0.05, 0) is 53.8 Å². The number of carbonyl (C=O) groups is 3. The van der Waals surface area contributed by atoms with Gasteiger partial charge in [0.25, 0.3) is 11.6 Å². The Morgan fingerprint density at radius 2 is 1.58 bits per heavy atom. The third-order valence-corrected chi connectivity index (χ3v) is 9.46. The first-order valence-electron chi connectivity index (χ1n) is 16.2. The number of non-ortho nitro benzene ring substituents is 1. The number of anilines is 2. The molecule has 48 heavy (non-hydrogen) atoms. The zero-order valence-electron chi connectivity index (χ0n) is 26.9. The number of hydrogen-bond donors (Lipinski definition) is 1. The van der Waals surface area contributed by atoms with Gasteiger partial charge in [0, 0.05) is 56.0 Å². The summed E-state index contributed by atoms with van der Waals surface area (Å²) >= 11 is 0. The number of allylic oxidation sites excluding steroid dienone is 1. The Labute approximate surface area is 278 Å². The van der Waals surface area contributed by atoms with Crippen LogP contribution in [0.25, 0.3) is 0 Å². The number of para-hydroxylation sites is 4. The van der Waals surface area contributed by atoms with Gasteiger partial charge >= 0.3 is 0 Å². The molecule has 2 atom stereocenters. The molecule has 1 saturated heterocycles. The van der Waals surface area contributed by atoms with Crippen LogP contribution >= 0.6 is 0 Å². The summed E-state index contributed by atoms with van der Waals surface area (Å²) in [5.41, 5.74) is 3.25. The van der Waals surface area contributed by atoms with E-state index in [1.54, 1.807) is 34.1 Å². The van der Waals surface area contributed by atoms with E-state index in [0.717, 1.165) is 17.1 Å². The van der Waals surface area contributed by atoms with E-state index in [9.17, 15) is 24.5 Å². The normalized spacial score (nSPS) is 21.5. The molecule has 3 aromatic carbocycles. The summed E-state index contributed by atoms with van der Waals surface area (Å²) < 4.78 is 11.7. The molecule has 0 spiro atoms. The van der Waals surface area contributed by atoms with E-state index in [4.69, 9.17) is 9.47 Å². The van der Waals surface area contributed by atoms with Crippen LogP contribution in [0.15, 0.2) is 84.1 Å². The maximum absolute atomic E-state index is 14.1. The molecule has 1 aliphatic carbocycles. The summed E-state index contributed by atoms with van der Waals surface area (Å²) in [5.74, 6) is 0.786. The minimum Gasteiger partial charge on any atom is -0.485 e. The number of carbonyl (C=O) groups excluding carboxylic acids is 3. The van der Waals surface area contributed by atoms with Crippen molar-refractivity contribution in [1.82, 2.24) is 9.80 Å². The zero-order valence-corrected chi connectivity index (χ0v) is 26.9. The Morgan fingerprint density at radius 1 is 0.917 bits per heavy atom. The average Bonchev–Trinajstić information content (AvgIpc) is 3.21. The number of nitro groups is 1. The highest BCUT2D eigenvalue weighted by atomic mass is 16.6. The molecule has 2 unspecified atom stereocenters. The molecule has 3 heterocycles. The Hall–Kier alpha value is -5.39. The number of rotatable bonds is 5. The van der Waals surface area contributed by atoms with Gasteiger partial charge < -0.3 is 29.5 Å². The summed E-state index contributed by atoms with van der Waals surface area (Å²) in [4.78, 5) is 57.8. The molecule has 0 bridgehead atoms. The van der Waals surface area contributed by atoms with Crippen LogP contribution in [0.4, 0.5) is 17.1 Å². The van der Waals surface area contributed by atoms with E-state index in [2.05, 4.69) is 19.2 Å². The third kappa shape index (κ3) is 5.94. The Bertz CT molecular complexity index is 1810. The lowest BCUT2D eigenvalue weighted by molar-refractivity contribution is -0.384. The molecule has 1 fully saturated rings. The number of nitro benzene ring substituents is 1.